The minimum absolute atomic E-state index is 0.0590. The molecule has 1 saturated carbocycles. The molecule has 2 unspecified atom stereocenters. The number of anilines is 1. The Kier molecular flexibility index (Phi) is 3.87. The normalized spacial score (nSPS) is 24.3. The molecule has 1 aromatic carbocycles. The molecule has 1 fully saturated rings. The van der Waals surface area contributed by atoms with Gasteiger partial charge in [0.1, 0.15) is 0 Å². The molecule has 2 nitrogen and oxygen atoms in total. The lowest BCUT2D eigenvalue weighted by Crippen LogP contribution is -2.21. The predicted octanol–water partition coefficient (Wildman–Crippen LogP) is 3.76. The molecule has 1 aliphatic rings. The fourth-order valence-electron chi connectivity index (χ4n) is 2.22. The smallest absolute Gasteiger partial charge is 0.382 e. The fraction of sp³-hybridized carbons (Fsp3) is 0.500. The van der Waals surface area contributed by atoms with Crippen LogP contribution in [0.1, 0.15) is 24.8 Å². The molecule has 2 rings (SSSR count). The van der Waals surface area contributed by atoms with Crippen LogP contribution in [0.3, 0.4) is 0 Å². The molecule has 0 amide bonds. The molecule has 100 valence electrons. The number of hydrogen-bond donors (Lipinski definition) is 2. The lowest BCUT2D eigenvalue weighted by Gasteiger charge is -2.16. The highest BCUT2D eigenvalue weighted by atomic mass is 79.9. The minimum Gasteiger partial charge on any atom is -0.382 e. The number of alkyl halides is 3. The third-order valence-corrected chi connectivity index (χ3v) is 3.81. The minimum atomic E-state index is -4.34. The van der Waals surface area contributed by atoms with Gasteiger partial charge >= 0.3 is 6.18 Å². The van der Waals surface area contributed by atoms with Gasteiger partial charge in [0, 0.05) is 22.2 Å². The second-order valence-corrected chi connectivity index (χ2v) is 5.46. The van der Waals surface area contributed by atoms with E-state index < -0.39 is 11.7 Å². The van der Waals surface area contributed by atoms with E-state index in [1.54, 1.807) is 6.07 Å². The molecule has 0 heterocycles. The summed E-state index contributed by atoms with van der Waals surface area (Å²) in [6.07, 6.45) is -1.72. The van der Waals surface area contributed by atoms with Crippen molar-refractivity contribution in [2.75, 3.05) is 5.32 Å². The molecule has 0 aromatic heterocycles. The number of nitrogens with one attached hydrogen (secondary N) is 1. The molecule has 0 aliphatic heterocycles. The SMILES string of the molecule is NC1CCC(Nc2ccc(Br)c(C(F)(F)F)c2)C1. The molecule has 2 atom stereocenters. The first kappa shape index (κ1) is 13.7. The van der Waals surface area contributed by atoms with Crippen molar-refractivity contribution in [2.45, 2.75) is 37.5 Å². The van der Waals surface area contributed by atoms with E-state index in [2.05, 4.69) is 21.2 Å². The average Bonchev–Trinajstić information content (AvgIpc) is 2.65. The van der Waals surface area contributed by atoms with Crippen LogP contribution in [0.2, 0.25) is 0 Å². The summed E-state index contributed by atoms with van der Waals surface area (Å²) in [6.45, 7) is 0. The van der Waals surface area contributed by atoms with Crippen LogP contribution in [-0.4, -0.2) is 12.1 Å². The van der Waals surface area contributed by atoms with Gasteiger partial charge in [0.05, 0.1) is 5.56 Å². The van der Waals surface area contributed by atoms with E-state index in [4.69, 9.17) is 5.73 Å². The lowest BCUT2D eigenvalue weighted by molar-refractivity contribution is -0.138. The maximum absolute atomic E-state index is 12.7. The Morgan fingerprint density at radius 3 is 2.56 bits per heavy atom. The van der Waals surface area contributed by atoms with Gasteiger partial charge in [0.2, 0.25) is 0 Å². The Bertz CT molecular complexity index is 434. The number of halogens is 4. The summed E-state index contributed by atoms with van der Waals surface area (Å²) in [7, 11) is 0. The van der Waals surface area contributed by atoms with E-state index >= 15 is 0 Å². The van der Waals surface area contributed by atoms with Gasteiger partial charge in [-0.2, -0.15) is 13.2 Å². The Labute approximate surface area is 112 Å². The van der Waals surface area contributed by atoms with E-state index in [1.807, 2.05) is 0 Å². The van der Waals surface area contributed by atoms with Gasteiger partial charge in [-0.3, -0.25) is 0 Å². The quantitative estimate of drug-likeness (QED) is 0.870. The van der Waals surface area contributed by atoms with Gasteiger partial charge in [-0.15, -0.1) is 0 Å². The van der Waals surface area contributed by atoms with Crippen LogP contribution in [0.15, 0.2) is 22.7 Å². The highest BCUT2D eigenvalue weighted by Gasteiger charge is 2.33. The summed E-state index contributed by atoms with van der Waals surface area (Å²) in [4.78, 5) is 0. The molecule has 1 aromatic rings. The second-order valence-electron chi connectivity index (χ2n) is 4.61. The summed E-state index contributed by atoms with van der Waals surface area (Å²) in [5.41, 5.74) is 5.61. The molecule has 18 heavy (non-hydrogen) atoms. The molecule has 0 bridgehead atoms. The third kappa shape index (κ3) is 3.17. The van der Waals surface area contributed by atoms with E-state index in [9.17, 15) is 13.2 Å². The fourth-order valence-corrected chi connectivity index (χ4v) is 2.69. The van der Waals surface area contributed by atoms with Crippen LogP contribution in [0, 0.1) is 0 Å². The zero-order chi connectivity index (χ0) is 13.3. The molecule has 3 N–H and O–H groups in total. The monoisotopic (exact) mass is 322 g/mol. The largest absolute Gasteiger partial charge is 0.417 e. The molecular formula is C12H14BrF3N2. The third-order valence-electron chi connectivity index (χ3n) is 3.12. The van der Waals surface area contributed by atoms with E-state index in [0.29, 0.717) is 5.69 Å². The van der Waals surface area contributed by atoms with Crippen molar-refractivity contribution in [3.8, 4) is 0 Å². The van der Waals surface area contributed by atoms with Crippen molar-refractivity contribution >= 4 is 21.6 Å². The highest BCUT2D eigenvalue weighted by Crippen LogP contribution is 2.36. The van der Waals surface area contributed by atoms with Gasteiger partial charge in [-0.05, 0) is 37.5 Å². The first-order chi connectivity index (χ1) is 8.36. The molecule has 0 saturated heterocycles. The van der Waals surface area contributed by atoms with Crippen molar-refractivity contribution in [1.29, 1.82) is 0 Å². The number of hydrogen-bond acceptors (Lipinski definition) is 2. The van der Waals surface area contributed by atoms with E-state index in [0.717, 1.165) is 25.3 Å². The van der Waals surface area contributed by atoms with Crippen LogP contribution in [0.5, 0.6) is 0 Å². The summed E-state index contributed by atoms with van der Waals surface area (Å²) >= 11 is 2.92. The molecule has 0 radical (unpaired) electrons. The number of nitrogens with two attached hydrogens (primary N) is 1. The first-order valence-electron chi connectivity index (χ1n) is 5.75. The molecular weight excluding hydrogens is 309 g/mol. The number of benzene rings is 1. The van der Waals surface area contributed by atoms with E-state index in [-0.39, 0.29) is 16.6 Å². The molecule has 6 heteroatoms. The average molecular weight is 323 g/mol. The summed E-state index contributed by atoms with van der Waals surface area (Å²) in [6, 6.07) is 4.51. The zero-order valence-corrected chi connectivity index (χ0v) is 11.2. The van der Waals surface area contributed by atoms with Crippen molar-refractivity contribution in [2.24, 2.45) is 5.73 Å². The first-order valence-corrected chi connectivity index (χ1v) is 6.54. The predicted molar refractivity (Wildman–Crippen MR) is 68.4 cm³/mol. The van der Waals surface area contributed by atoms with Crippen LogP contribution >= 0.6 is 15.9 Å². The summed E-state index contributed by atoms with van der Waals surface area (Å²) in [5, 5.41) is 3.11. The standard InChI is InChI=1S/C12H14BrF3N2/c13-11-4-3-9(6-10(11)12(14,15)16)18-8-2-1-7(17)5-8/h3-4,6-8,18H,1-2,5,17H2. The van der Waals surface area contributed by atoms with Crippen LogP contribution in [0.25, 0.3) is 0 Å². The maximum Gasteiger partial charge on any atom is 0.417 e. The Hall–Kier alpha value is -0.750. The van der Waals surface area contributed by atoms with Gasteiger partial charge in [-0.1, -0.05) is 15.9 Å². The summed E-state index contributed by atoms with van der Waals surface area (Å²) in [5.74, 6) is 0. The van der Waals surface area contributed by atoms with Crippen molar-refractivity contribution in [3.63, 3.8) is 0 Å². The lowest BCUT2D eigenvalue weighted by atomic mass is 10.1. The number of rotatable bonds is 2. The van der Waals surface area contributed by atoms with E-state index in [1.165, 1.54) is 6.07 Å². The van der Waals surface area contributed by atoms with Crippen LogP contribution in [0.4, 0.5) is 18.9 Å². The Morgan fingerprint density at radius 2 is 2.00 bits per heavy atom. The van der Waals surface area contributed by atoms with Gasteiger partial charge in [0.15, 0.2) is 0 Å². The topological polar surface area (TPSA) is 38.0 Å². The second kappa shape index (κ2) is 5.09. The highest BCUT2D eigenvalue weighted by molar-refractivity contribution is 9.10. The Balaban J connectivity index is 2.15. The molecule has 0 spiro atoms. The Morgan fingerprint density at radius 1 is 1.28 bits per heavy atom. The van der Waals surface area contributed by atoms with Crippen molar-refractivity contribution in [3.05, 3.63) is 28.2 Å². The van der Waals surface area contributed by atoms with Gasteiger partial charge in [-0.25, -0.2) is 0 Å². The van der Waals surface area contributed by atoms with Crippen LogP contribution < -0.4 is 11.1 Å². The van der Waals surface area contributed by atoms with Crippen molar-refractivity contribution < 1.29 is 13.2 Å². The molecule has 1 aliphatic carbocycles. The summed E-state index contributed by atoms with van der Waals surface area (Å²) < 4.78 is 38.2. The van der Waals surface area contributed by atoms with Gasteiger partial charge in [0.25, 0.3) is 0 Å². The van der Waals surface area contributed by atoms with Crippen LogP contribution in [-0.2, 0) is 6.18 Å². The van der Waals surface area contributed by atoms with Crippen molar-refractivity contribution in [1.82, 2.24) is 0 Å². The zero-order valence-electron chi connectivity index (χ0n) is 9.60. The maximum atomic E-state index is 12.7. The van der Waals surface area contributed by atoms with Gasteiger partial charge < -0.3 is 11.1 Å².